The summed E-state index contributed by atoms with van der Waals surface area (Å²) in [7, 11) is 0. The molecule has 0 amide bonds. The van der Waals surface area contributed by atoms with E-state index in [1.54, 1.807) is 0 Å². The Kier molecular flexibility index (Phi) is 6.94. The molecular formula is C13H25BrO2. The fourth-order valence-corrected chi connectivity index (χ4v) is 2.33. The lowest BCUT2D eigenvalue weighted by atomic mass is 9.88. The summed E-state index contributed by atoms with van der Waals surface area (Å²) in [4.78, 5) is 0. The van der Waals surface area contributed by atoms with Crippen molar-refractivity contribution in [1.82, 2.24) is 0 Å². The number of hydrogen-bond acceptors (Lipinski definition) is 2. The third-order valence-corrected chi connectivity index (χ3v) is 3.60. The van der Waals surface area contributed by atoms with E-state index in [9.17, 15) is 0 Å². The first-order chi connectivity index (χ1) is 7.64. The molecule has 1 heterocycles. The van der Waals surface area contributed by atoms with Crippen molar-refractivity contribution in [2.45, 2.75) is 58.7 Å². The van der Waals surface area contributed by atoms with Gasteiger partial charge in [-0.05, 0) is 37.5 Å². The van der Waals surface area contributed by atoms with Gasteiger partial charge in [-0.25, -0.2) is 0 Å². The van der Waals surface area contributed by atoms with Crippen LogP contribution in [0.5, 0.6) is 0 Å². The van der Waals surface area contributed by atoms with Gasteiger partial charge in [-0.3, -0.25) is 0 Å². The van der Waals surface area contributed by atoms with Crippen LogP contribution in [0.3, 0.4) is 0 Å². The van der Waals surface area contributed by atoms with Gasteiger partial charge in [-0.1, -0.05) is 36.2 Å². The Morgan fingerprint density at radius 2 is 2.12 bits per heavy atom. The average molecular weight is 293 g/mol. The second-order valence-corrected chi connectivity index (χ2v) is 6.21. The number of ether oxygens (including phenoxy) is 2. The fraction of sp³-hybridized carbons (Fsp3) is 1.00. The van der Waals surface area contributed by atoms with Gasteiger partial charge in [0.25, 0.3) is 0 Å². The van der Waals surface area contributed by atoms with Gasteiger partial charge in [0.15, 0.2) is 6.29 Å². The van der Waals surface area contributed by atoms with E-state index >= 15 is 0 Å². The van der Waals surface area contributed by atoms with Crippen LogP contribution in [0.2, 0.25) is 0 Å². The van der Waals surface area contributed by atoms with Crippen LogP contribution >= 0.6 is 15.9 Å². The molecule has 2 nitrogen and oxygen atoms in total. The van der Waals surface area contributed by atoms with Crippen LogP contribution in [0.15, 0.2) is 0 Å². The van der Waals surface area contributed by atoms with Gasteiger partial charge in [-0.2, -0.15) is 0 Å². The van der Waals surface area contributed by atoms with E-state index in [0.717, 1.165) is 25.0 Å². The zero-order chi connectivity index (χ0) is 11.9. The zero-order valence-corrected chi connectivity index (χ0v) is 12.2. The van der Waals surface area contributed by atoms with E-state index in [1.807, 2.05) is 0 Å². The van der Waals surface area contributed by atoms with Crippen molar-refractivity contribution in [1.29, 1.82) is 0 Å². The van der Waals surface area contributed by atoms with Crippen molar-refractivity contribution in [3.05, 3.63) is 0 Å². The maximum absolute atomic E-state index is 5.84. The first kappa shape index (κ1) is 14.5. The van der Waals surface area contributed by atoms with Crippen LogP contribution in [0.4, 0.5) is 0 Å². The second-order valence-electron chi connectivity index (χ2n) is 5.42. The van der Waals surface area contributed by atoms with E-state index in [2.05, 4.69) is 29.8 Å². The molecule has 0 bridgehead atoms. The molecule has 0 aromatic carbocycles. The number of unbranched alkanes of at least 4 members (excludes halogenated alkanes) is 1. The smallest absolute Gasteiger partial charge is 0.157 e. The zero-order valence-electron chi connectivity index (χ0n) is 10.6. The van der Waals surface area contributed by atoms with E-state index < -0.39 is 0 Å². The molecule has 1 aliphatic rings. The highest BCUT2D eigenvalue weighted by atomic mass is 79.9. The molecule has 1 fully saturated rings. The van der Waals surface area contributed by atoms with Crippen molar-refractivity contribution in [3.8, 4) is 0 Å². The molecule has 1 atom stereocenters. The summed E-state index contributed by atoms with van der Waals surface area (Å²) < 4.78 is 11.4. The summed E-state index contributed by atoms with van der Waals surface area (Å²) in [5, 5.41) is 1.11. The van der Waals surface area contributed by atoms with Gasteiger partial charge in [0, 0.05) is 11.9 Å². The molecule has 1 saturated heterocycles. The highest BCUT2D eigenvalue weighted by Gasteiger charge is 2.21. The van der Waals surface area contributed by atoms with Crippen molar-refractivity contribution in [2.75, 3.05) is 18.5 Å². The highest BCUT2D eigenvalue weighted by Crippen LogP contribution is 2.25. The first-order valence-electron chi connectivity index (χ1n) is 6.43. The van der Waals surface area contributed by atoms with Crippen LogP contribution in [-0.2, 0) is 9.47 Å². The van der Waals surface area contributed by atoms with Crippen molar-refractivity contribution < 1.29 is 9.47 Å². The summed E-state index contributed by atoms with van der Waals surface area (Å²) >= 11 is 3.47. The maximum atomic E-state index is 5.84. The summed E-state index contributed by atoms with van der Waals surface area (Å²) in [5.41, 5.74) is 0.281. The monoisotopic (exact) mass is 292 g/mol. The molecule has 0 aromatic rings. The van der Waals surface area contributed by atoms with E-state index in [0.29, 0.717) is 0 Å². The van der Waals surface area contributed by atoms with Crippen LogP contribution in [-0.4, -0.2) is 24.8 Å². The van der Waals surface area contributed by atoms with Crippen LogP contribution in [0.25, 0.3) is 0 Å². The van der Waals surface area contributed by atoms with Crippen LogP contribution < -0.4 is 0 Å². The quantitative estimate of drug-likeness (QED) is 0.519. The molecule has 0 aliphatic carbocycles. The normalized spacial score (nSPS) is 22.3. The number of rotatable bonds is 7. The fourth-order valence-electron chi connectivity index (χ4n) is 1.93. The minimum absolute atomic E-state index is 0.0594. The Labute approximate surface area is 108 Å². The minimum atomic E-state index is 0.0594. The third-order valence-electron chi connectivity index (χ3n) is 3.04. The molecular weight excluding hydrogens is 268 g/mol. The molecule has 0 saturated carbocycles. The predicted molar refractivity (Wildman–Crippen MR) is 71.0 cm³/mol. The maximum Gasteiger partial charge on any atom is 0.157 e. The van der Waals surface area contributed by atoms with E-state index in [4.69, 9.17) is 9.47 Å². The van der Waals surface area contributed by atoms with Crippen molar-refractivity contribution >= 4 is 15.9 Å². The Hall–Kier alpha value is 0.400. The molecule has 0 spiro atoms. The van der Waals surface area contributed by atoms with Gasteiger partial charge >= 0.3 is 0 Å². The molecule has 1 unspecified atom stereocenters. The number of hydrogen-bond donors (Lipinski definition) is 0. The molecule has 3 heteroatoms. The minimum Gasteiger partial charge on any atom is -0.353 e. The number of halogens is 1. The van der Waals surface area contributed by atoms with Gasteiger partial charge in [0.2, 0.25) is 0 Å². The Bertz CT molecular complexity index is 177. The third kappa shape index (κ3) is 6.21. The molecule has 1 aliphatic heterocycles. The summed E-state index contributed by atoms with van der Waals surface area (Å²) in [5.74, 6) is 0. The molecule has 16 heavy (non-hydrogen) atoms. The van der Waals surface area contributed by atoms with Crippen molar-refractivity contribution in [3.63, 3.8) is 0 Å². The first-order valence-corrected chi connectivity index (χ1v) is 7.55. The van der Waals surface area contributed by atoms with Gasteiger partial charge in [-0.15, -0.1) is 0 Å². The lowest BCUT2D eigenvalue weighted by Gasteiger charge is -2.29. The van der Waals surface area contributed by atoms with Crippen molar-refractivity contribution in [2.24, 2.45) is 5.41 Å². The van der Waals surface area contributed by atoms with Crippen LogP contribution in [0.1, 0.15) is 52.4 Å². The predicted octanol–water partition coefficient (Wildman–Crippen LogP) is 4.12. The Morgan fingerprint density at radius 1 is 1.31 bits per heavy atom. The molecule has 0 aromatic heterocycles. The Balaban J connectivity index is 2.13. The van der Waals surface area contributed by atoms with Gasteiger partial charge < -0.3 is 9.47 Å². The largest absolute Gasteiger partial charge is 0.353 e. The Morgan fingerprint density at radius 3 is 2.75 bits per heavy atom. The lowest BCUT2D eigenvalue weighted by Crippen LogP contribution is -2.28. The highest BCUT2D eigenvalue weighted by molar-refractivity contribution is 9.09. The van der Waals surface area contributed by atoms with Gasteiger partial charge in [0.1, 0.15) is 0 Å². The SMILES string of the molecule is CC(C)(CCCCBr)COC1CCCCO1. The lowest BCUT2D eigenvalue weighted by molar-refractivity contribution is -0.176. The second kappa shape index (κ2) is 7.67. The molecule has 0 N–H and O–H groups in total. The molecule has 1 rings (SSSR count). The van der Waals surface area contributed by atoms with E-state index in [1.165, 1.54) is 32.1 Å². The summed E-state index contributed by atoms with van der Waals surface area (Å²) in [6.45, 7) is 6.25. The van der Waals surface area contributed by atoms with E-state index in [-0.39, 0.29) is 11.7 Å². The topological polar surface area (TPSA) is 18.5 Å². The van der Waals surface area contributed by atoms with Gasteiger partial charge in [0.05, 0.1) is 6.61 Å². The average Bonchev–Trinajstić information content (AvgIpc) is 2.28. The summed E-state index contributed by atoms with van der Waals surface area (Å²) in [6, 6.07) is 0. The molecule has 96 valence electrons. The van der Waals surface area contributed by atoms with Crippen LogP contribution in [0, 0.1) is 5.41 Å². The summed E-state index contributed by atoms with van der Waals surface area (Å²) in [6.07, 6.45) is 7.31. The standard InChI is InChI=1S/C13H25BrO2/c1-13(2,8-4-5-9-14)11-16-12-7-3-6-10-15-12/h12H,3-11H2,1-2H3. The number of alkyl halides is 1. The molecule has 0 radical (unpaired) electrons.